The van der Waals surface area contributed by atoms with Crippen molar-refractivity contribution in [2.75, 3.05) is 32.7 Å². The van der Waals surface area contributed by atoms with Crippen molar-refractivity contribution in [3.8, 4) is 0 Å². The Balaban J connectivity index is 1.70. The summed E-state index contributed by atoms with van der Waals surface area (Å²) < 4.78 is 12.4. The molecule has 1 saturated heterocycles. The van der Waals surface area contributed by atoms with Crippen LogP contribution in [0.25, 0.3) is 0 Å². The Morgan fingerprint density at radius 3 is 2.77 bits per heavy atom. The summed E-state index contributed by atoms with van der Waals surface area (Å²) in [6.45, 7) is -0.112. The Morgan fingerprint density at radius 1 is 1.40 bits per heavy atom. The monoisotopic (exact) mass is 436 g/mol. The fourth-order valence-corrected chi connectivity index (χ4v) is 4.10. The van der Waals surface area contributed by atoms with E-state index in [1.54, 1.807) is 35.2 Å². The summed E-state index contributed by atoms with van der Waals surface area (Å²) in [7, 11) is 3.32. The fourth-order valence-electron chi connectivity index (χ4n) is 2.98. The molecule has 4 atom stereocenters. The second kappa shape index (κ2) is 9.74. The first-order valence-electron chi connectivity index (χ1n) is 9.30. The van der Waals surface area contributed by atoms with Gasteiger partial charge < -0.3 is 24.8 Å². The maximum Gasteiger partial charge on any atom is 0.351 e. The quantitative estimate of drug-likeness (QED) is 0.406. The predicted octanol–water partition coefficient (Wildman–Crippen LogP) is 0.593. The van der Waals surface area contributed by atoms with E-state index in [0.29, 0.717) is 12.3 Å². The number of aliphatic hydroxyl groups is 2. The van der Waals surface area contributed by atoms with E-state index in [-0.39, 0.29) is 27.0 Å². The number of aromatic nitrogens is 2. The number of rotatable bonds is 8. The molecule has 1 aromatic heterocycles. The van der Waals surface area contributed by atoms with Gasteiger partial charge in [-0.15, -0.1) is 0 Å². The fraction of sp³-hybridized carbons (Fsp3) is 0.421. The predicted molar refractivity (Wildman–Crippen MR) is 111 cm³/mol. The highest BCUT2D eigenvalue weighted by molar-refractivity contribution is 7.34. The lowest BCUT2D eigenvalue weighted by atomic mass is 10.2. The van der Waals surface area contributed by atoms with E-state index >= 15 is 0 Å². The van der Waals surface area contributed by atoms with Gasteiger partial charge in [0, 0.05) is 18.2 Å². The van der Waals surface area contributed by atoms with Crippen molar-refractivity contribution in [2.45, 2.75) is 24.1 Å². The molecule has 0 aliphatic carbocycles. The topological polar surface area (TPSA) is 126 Å². The summed E-state index contributed by atoms with van der Waals surface area (Å²) in [4.78, 5) is 30.4. The highest BCUT2D eigenvalue weighted by Gasteiger charge is 2.48. The van der Waals surface area contributed by atoms with Gasteiger partial charge in [-0.3, -0.25) is 14.3 Å². The third-order valence-electron chi connectivity index (χ3n) is 4.50. The Hall–Kier alpha value is -2.20. The molecule has 162 valence electrons. The van der Waals surface area contributed by atoms with Crippen molar-refractivity contribution in [3.05, 3.63) is 58.6 Å². The lowest BCUT2D eigenvalue weighted by Crippen LogP contribution is -2.36. The van der Waals surface area contributed by atoms with Crippen LogP contribution < -0.4 is 11.0 Å². The van der Waals surface area contributed by atoms with Crippen LogP contribution in [0.4, 0.5) is 5.82 Å². The number of hydrogen-bond donors (Lipinski definition) is 3. The van der Waals surface area contributed by atoms with E-state index in [0.717, 1.165) is 0 Å². The number of carbonyl (C=O) groups excluding carboxylic acids is 1. The number of ether oxygens (including phenoxy) is 1. The molecule has 3 N–H and O–H groups in total. The van der Waals surface area contributed by atoms with Crippen LogP contribution in [0.5, 0.6) is 0 Å². The number of carbonyl (C=O) groups is 1. The number of nitrogens with zero attached hydrogens (tertiary/aromatic N) is 3. The maximum atomic E-state index is 12.5. The number of nitrogens with one attached hydrogen (secondary N) is 1. The van der Waals surface area contributed by atoms with E-state index in [2.05, 4.69) is 10.3 Å². The minimum absolute atomic E-state index is 0.0570. The van der Waals surface area contributed by atoms with Gasteiger partial charge in [-0.2, -0.15) is 4.98 Å². The number of anilines is 1. The van der Waals surface area contributed by atoms with Crippen molar-refractivity contribution in [2.24, 2.45) is 0 Å². The number of benzene rings is 1. The third kappa shape index (κ3) is 5.28. The number of aliphatic hydroxyl groups excluding tert-OH is 1. The second-order valence-corrected chi connectivity index (χ2v) is 8.53. The van der Waals surface area contributed by atoms with Gasteiger partial charge in [0.1, 0.15) is 30.2 Å². The highest BCUT2D eigenvalue weighted by Crippen LogP contribution is 2.47. The van der Waals surface area contributed by atoms with Crippen LogP contribution in [0.1, 0.15) is 23.0 Å². The zero-order valence-corrected chi connectivity index (χ0v) is 17.7. The van der Waals surface area contributed by atoms with Crippen LogP contribution in [0.15, 0.2) is 47.4 Å². The second-order valence-electron chi connectivity index (χ2n) is 7.17. The summed E-state index contributed by atoms with van der Waals surface area (Å²) in [5.41, 5.74) is -0.207. The average Bonchev–Trinajstić information content (AvgIpc) is 3.04. The first kappa shape index (κ1) is 22.5. The maximum absolute atomic E-state index is 12.5. The molecule has 3 rings (SSSR count). The lowest BCUT2D eigenvalue weighted by Gasteiger charge is -2.26. The summed E-state index contributed by atoms with van der Waals surface area (Å²) in [5, 5.41) is 21.6. The van der Waals surface area contributed by atoms with Crippen LogP contribution in [-0.4, -0.2) is 69.5 Å². The van der Waals surface area contributed by atoms with Gasteiger partial charge in [0.05, 0.1) is 15.4 Å². The number of amides is 1. The van der Waals surface area contributed by atoms with Crippen LogP contribution in [0.2, 0.25) is 0 Å². The lowest BCUT2D eigenvalue weighted by molar-refractivity contribution is -0.0566. The van der Waals surface area contributed by atoms with E-state index < -0.39 is 30.0 Å². The van der Waals surface area contributed by atoms with Crippen LogP contribution in [-0.2, 0) is 9.26 Å². The molecule has 2 heterocycles. The van der Waals surface area contributed by atoms with Crippen molar-refractivity contribution >= 4 is 20.5 Å². The highest BCUT2D eigenvalue weighted by atomic mass is 31.1. The molecule has 10 nitrogen and oxygen atoms in total. The van der Waals surface area contributed by atoms with Gasteiger partial charge >= 0.3 is 5.69 Å². The van der Waals surface area contributed by atoms with Crippen molar-refractivity contribution in [1.29, 1.82) is 0 Å². The smallest absolute Gasteiger partial charge is 0.351 e. The molecule has 1 amide bonds. The van der Waals surface area contributed by atoms with E-state index in [9.17, 15) is 19.8 Å². The minimum Gasteiger partial charge on any atom is -0.394 e. The molecule has 2 aromatic rings. The normalized spacial score (nSPS) is 24.0. The standard InChI is InChI=1S/C19H25N4O6P/c1-22(2)12-28-30-19(27)10-16(29-14(19)11-24)23-9-8-15(21-18(23)26)20-17(25)13-6-4-3-5-7-13/h3-9,14,16,24,27,30H,10-12H2,1-2H3,(H,20,21,25,26)/t14-,16-,19+/m1/s1. The summed E-state index contributed by atoms with van der Waals surface area (Å²) in [6, 6.07) is 10.0. The first-order chi connectivity index (χ1) is 14.3. The molecule has 0 spiro atoms. The van der Waals surface area contributed by atoms with Crippen molar-refractivity contribution in [1.82, 2.24) is 14.5 Å². The molecule has 30 heavy (non-hydrogen) atoms. The molecule has 1 aliphatic rings. The third-order valence-corrected chi connectivity index (χ3v) is 5.65. The van der Waals surface area contributed by atoms with Crippen LogP contribution >= 0.6 is 8.81 Å². The molecule has 1 aliphatic heterocycles. The van der Waals surface area contributed by atoms with E-state index in [4.69, 9.17) is 9.26 Å². The Labute approximate surface area is 175 Å². The molecule has 11 heteroatoms. The molecule has 0 saturated carbocycles. The van der Waals surface area contributed by atoms with Crippen molar-refractivity contribution in [3.63, 3.8) is 0 Å². The van der Waals surface area contributed by atoms with Gasteiger partial charge in [-0.1, -0.05) is 18.2 Å². The molecule has 0 bridgehead atoms. The SMILES string of the molecule is CN(C)COP[C@@]1(O)C[C@H](n2ccc(NC(=O)c3ccccc3)nc2=O)O[C@@H]1CO. The molecule has 0 radical (unpaired) electrons. The molecular weight excluding hydrogens is 411 g/mol. The average molecular weight is 436 g/mol. The van der Waals surface area contributed by atoms with Gasteiger partial charge in [0.25, 0.3) is 5.91 Å². The first-order valence-corrected chi connectivity index (χ1v) is 10.2. The van der Waals surface area contributed by atoms with Gasteiger partial charge in [0.15, 0.2) is 0 Å². The van der Waals surface area contributed by atoms with Gasteiger partial charge in [0.2, 0.25) is 0 Å². The van der Waals surface area contributed by atoms with Crippen LogP contribution in [0.3, 0.4) is 0 Å². The Morgan fingerprint density at radius 2 is 2.13 bits per heavy atom. The Bertz CT molecular complexity index is 925. The minimum atomic E-state index is -1.42. The van der Waals surface area contributed by atoms with Crippen molar-refractivity contribution < 1.29 is 24.3 Å². The molecule has 1 fully saturated rings. The van der Waals surface area contributed by atoms with Gasteiger partial charge in [-0.05, 0) is 32.3 Å². The molecule has 1 aromatic carbocycles. The zero-order chi connectivity index (χ0) is 21.7. The molecule has 1 unspecified atom stereocenters. The largest absolute Gasteiger partial charge is 0.394 e. The number of hydrogen-bond acceptors (Lipinski definition) is 8. The molecular formula is C19H25N4O6P. The van der Waals surface area contributed by atoms with Gasteiger partial charge in [-0.25, -0.2) is 4.79 Å². The zero-order valence-electron chi connectivity index (χ0n) is 16.7. The summed E-state index contributed by atoms with van der Waals surface area (Å²) in [6.07, 6.45) is -0.222. The Kier molecular flexibility index (Phi) is 7.30. The summed E-state index contributed by atoms with van der Waals surface area (Å²) in [5.74, 6) is -0.278. The summed E-state index contributed by atoms with van der Waals surface area (Å²) >= 11 is 0. The van der Waals surface area contributed by atoms with E-state index in [1.807, 2.05) is 14.1 Å². The van der Waals surface area contributed by atoms with E-state index in [1.165, 1.54) is 16.8 Å². The van der Waals surface area contributed by atoms with Crippen LogP contribution in [0, 0.1) is 0 Å².